The highest BCUT2D eigenvalue weighted by Crippen LogP contribution is 2.55. The first-order valence-corrected chi connectivity index (χ1v) is 26.8. The van der Waals surface area contributed by atoms with Gasteiger partial charge in [0.1, 0.15) is 0 Å². The topological polar surface area (TPSA) is 6.48 Å². The summed E-state index contributed by atoms with van der Waals surface area (Å²) >= 11 is 0. The van der Waals surface area contributed by atoms with Crippen LogP contribution in [0, 0.1) is 27.7 Å². The predicted molar refractivity (Wildman–Crippen MR) is 318 cm³/mol. The molecular weight excluding hydrogens is 905 g/mol. The molecular formula is C73H64N2. The van der Waals surface area contributed by atoms with Gasteiger partial charge in [0, 0.05) is 50.4 Å². The highest BCUT2D eigenvalue weighted by molar-refractivity contribution is 5.91. The second-order valence-corrected chi connectivity index (χ2v) is 23.2. The van der Waals surface area contributed by atoms with Crippen LogP contribution in [0.15, 0.2) is 206 Å². The lowest BCUT2D eigenvalue weighted by Crippen LogP contribution is -2.18. The van der Waals surface area contributed by atoms with Crippen LogP contribution in [-0.4, -0.2) is 0 Å². The molecule has 0 unspecified atom stereocenters. The molecule has 3 aliphatic carbocycles. The molecule has 0 aromatic heterocycles. The molecule has 0 fully saturated rings. The van der Waals surface area contributed by atoms with Crippen molar-refractivity contribution in [1.29, 1.82) is 0 Å². The smallest absolute Gasteiger partial charge is 0.0465 e. The van der Waals surface area contributed by atoms with Crippen molar-refractivity contribution in [2.45, 2.75) is 85.5 Å². The Kier molecular flexibility index (Phi) is 10.5. The predicted octanol–water partition coefficient (Wildman–Crippen LogP) is 20.1. The first kappa shape index (κ1) is 46.6. The van der Waals surface area contributed by atoms with Crippen molar-refractivity contribution < 1.29 is 0 Å². The monoisotopic (exact) mass is 969 g/mol. The van der Waals surface area contributed by atoms with Gasteiger partial charge in [-0.15, -0.1) is 0 Å². The molecule has 2 nitrogen and oxygen atoms in total. The molecule has 10 aromatic rings. The molecule has 0 atom stereocenters. The Morgan fingerprint density at radius 2 is 0.440 bits per heavy atom. The number of nitrogens with zero attached hydrogens (tertiary/aromatic N) is 2. The minimum atomic E-state index is -0.124. The fourth-order valence-electron chi connectivity index (χ4n) is 13.5. The molecule has 0 amide bonds. The van der Waals surface area contributed by atoms with Crippen molar-refractivity contribution in [2.75, 3.05) is 9.80 Å². The molecule has 3 aliphatic rings. The van der Waals surface area contributed by atoms with Crippen LogP contribution in [0.3, 0.4) is 0 Å². The van der Waals surface area contributed by atoms with Crippen LogP contribution in [0.4, 0.5) is 34.1 Å². The lowest BCUT2D eigenvalue weighted by Gasteiger charge is -2.30. The number of fused-ring (bicyclic) bond motifs is 9. The average molecular weight is 969 g/mol. The third kappa shape index (κ3) is 7.13. The Labute approximate surface area is 444 Å². The maximum Gasteiger partial charge on any atom is 0.0465 e. The van der Waals surface area contributed by atoms with Crippen molar-refractivity contribution in [1.82, 2.24) is 0 Å². The number of aryl methyl sites for hydroxylation is 4. The van der Waals surface area contributed by atoms with E-state index in [2.05, 4.69) is 285 Å². The van der Waals surface area contributed by atoms with Gasteiger partial charge in [-0.25, -0.2) is 0 Å². The fraction of sp³-hybridized carbons (Fsp3) is 0.178. The van der Waals surface area contributed by atoms with Gasteiger partial charge in [-0.2, -0.15) is 0 Å². The minimum absolute atomic E-state index is 0.122. The van der Waals surface area contributed by atoms with Gasteiger partial charge in [0.15, 0.2) is 0 Å². The molecule has 0 heterocycles. The Bertz CT molecular complexity index is 3880. The van der Waals surface area contributed by atoms with Gasteiger partial charge in [0.25, 0.3) is 0 Å². The van der Waals surface area contributed by atoms with E-state index in [4.69, 9.17) is 0 Å². The maximum absolute atomic E-state index is 2.49. The van der Waals surface area contributed by atoms with Crippen molar-refractivity contribution in [3.05, 3.63) is 262 Å². The number of anilines is 6. The van der Waals surface area contributed by atoms with Crippen molar-refractivity contribution in [2.24, 2.45) is 0 Å². The van der Waals surface area contributed by atoms with E-state index in [1.807, 2.05) is 0 Å². The summed E-state index contributed by atoms with van der Waals surface area (Å²) < 4.78 is 0. The zero-order valence-electron chi connectivity index (χ0n) is 45.0. The Hall–Kier alpha value is -8.20. The van der Waals surface area contributed by atoms with Crippen LogP contribution in [0.25, 0.3) is 55.6 Å². The van der Waals surface area contributed by atoms with Gasteiger partial charge >= 0.3 is 0 Å². The average Bonchev–Trinajstić information content (AvgIpc) is 3.92. The third-order valence-electron chi connectivity index (χ3n) is 17.6. The van der Waals surface area contributed by atoms with Crippen LogP contribution in [-0.2, 0) is 16.2 Å². The van der Waals surface area contributed by atoms with Crippen molar-refractivity contribution in [3.8, 4) is 55.6 Å². The van der Waals surface area contributed by atoms with E-state index in [1.54, 1.807) is 0 Å². The van der Waals surface area contributed by atoms with Gasteiger partial charge in [-0.3, -0.25) is 0 Å². The largest absolute Gasteiger partial charge is 0.310 e. The first-order valence-electron chi connectivity index (χ1n) is 26.8. The molecule has 2 heteroatoms. The van der Waals surface area contributed by atoms with Gasteiger partial charge < -0.3 is 9.80 Å². The van der Waals surface area contributed by atoms with Gasteiger partial charge in [-0.05, 0) is 212 Å². The zero-order valence-corrected chi connectivity index (χ0v) is 45.0. The number of hydrogen-bond donors (Lipinski definition) is 0. The molecule has 75 heavy (non-hydrogen) atoms. The summed E-state index contributed by atoms with van der Waals surface area (Å²) in [7, 11) is 0. The molecule has 0 spiro atoms. The summed E-state index contributed by atoms with van der Waals surface area (Å²) in [6, 6.07) is 78.1. The Balaban J connectivity index is 0.910. The molecule has 0 saturated carbocycles. The lowest BCUT2D eigenvalue weighted by atomic mass is 9.82. The number of rotatable bonds is 8. The van der Waals surface area contributed by atoms with E-state index < -0.39 is 0 Å². The Morgan fingerprint density at radius 3 is 0.733 bits per heavy atom. The molecule has 0 N–H and O–H groups in total. The summed E-state index contributed by atoms with van der Waals surface area (Å²) in [6.45, 7) is 23.3. The normalized spacial score (nSPS) is 14.6. The van der Waals surface area contributed by atoms with E-state index in [0.717, 1.165) is 34.1 Å². The molecule has 0 bridgehead atoms. The summed E-state index contributed by atoms with van der Waals surface area (Å²) in [5.74, 6) is 0. The molecule has 10 aromatic carbocycles. The minimum Gasteiger partial charge on any atom is -0.310 e. The van der Waals surface area contributed by atoms with Crippen LogP contribution < -0.4 is 9.80 Å². The summed E-state index contributed by atoms with van der Waals surface area (Å²) in [5, 5.41) is 0. The van der Waals surface area contributed by atoms with Crippen molar-refractivity contribution >= 4 is 34.1 Å². The standard InChI is InChI=1S/C73H64N2/c1-45-19-11-12-20-55(45)56-33-27-49(39-46(56)2)74(52-30-36-62-59-21-13-16-24-65(59)71(5,6)68(62)42-52)50-28-34-57(47(3)40-50)58-35-29-51(41-48(58)4)75(53-31-37-63-60-22-14-17-25-66(60)72(7,8)69(63)43-53)54-32-38-64-61-23-15-18-26-67(61)73(9,10)70(64)44-54/h11-44H,1-10H3. The zero-order chi connectivity index (χ0) is 51.7. The van der Waals surface area contributed by atoms with Crippen LogP contribution >= 0.6 is 0 Å². The SMILES string of the molecule is Cc1ccccc1-c1ccc(N(c2ccc(-c3ccc(N(c4ccc5c(c4)C(C)(C)c4ccccc4-5)c4ccc5c(c4)C(C)(C)c4ccccc4-5)cc3C)c(C)c2)c2ccc3c(c2)C(C)(C)c2ccccc2-3)cc1C. The fourth-order valence-corrected chi connectivity index (χ4v) is 13.5. The third-order valence-corrected chi connectivity index (χ3v) is 17.6. The highest BCUT2D eigenvalue weighted by Gasteiger charge is 2.39. The van der Waals surface area contributed by atoms with Crippen LogP contribution in [0.2, 0.25) is 0 Å². The number of benzene rings is 10. The van der Waals surface area contributed by atoms with Crippen molar-refractivity contribution in [3.63, 3.8) is 0 Å². The second kappa shape index (κ2) is 16.9. The quantitative estimate of drug-likeness (QED) is 0.150. The van der Waals surface area contributed by atoms with Gasteiger partial charge in [-0.1, -0.05) is 175 Å². The van der Waals surface area contributed by atoms with Crippen LogP contribution in [0.5, 0.6) is 0 Å². The van der Waals surface area contributed by atoms with E-state index in [-0.39, 0.29) is 16.2 Å². The summed E-state index contributed by atoms with van der Waals surface area (Å²) in [5.41, 5.74) is 32.8. The summed E-state index contributed by atoms with van der Waals surface area (Å²) in [4.78, 5) is 4.96. The van der Waals surface area contributed by atoms with E-state index in [1.165, 1.54) is 111 Å². The molecule has 0 aliphatic heterocycles. The Morgan fingerprint density at radius 1 is 0.213 bits per heavy atom. The number of hydrogen-bond acceptors (Lipinski definition) is 2. The summed E-state index contributed by atoms with van der Waals surface area (Å²) in [6.07, 6.45) is 0. The lowest BCUT2D eigenvalue weighted by molar-refractivity contribution is 0.660. The van der Waals surface area contributed by atoms with Gasteiger partial charge in [0.05, 0.1) is 0 Å². The maximum atomic E-state index is 2.49. The second-order valence-electron chi connectivity index (χ2n) is 23.2. The van der Waals surface area contributed by atoms with Gasteiger partial charge in [0.2, 0.25) is 0 Å². The highest BCUT2D eigenvalue weighted by atomic mass is 15.1. The van der Waals surface area contributed by atoms with E-state index in [9.17, 15) is 0 Å². The first-order chi connectivity index (χ1) is 36.1. The molecule has 13 rings (SSSR count). The molecule has 0 radical (unpaired) electrons. The molecule has 366 valence electrons. The van der Waals surface area contributed by atoms with E-state index >= 15 is 0 Å². The molecule has 0 saturated heterocycles. The van der Waals surface area contributed by atoms with E-state index in [0.29, 0.717) is 0 Å². The van der Waals surface area contributed by atoms with Crippen LogP contribution in [0.1, 0.15) is 97.2 Å².